The zero-order chi connectivity index (χ0) is 13.8. The number of anilines is 1. The molecule has 0 bridgehead atoms. The number of amides is 1. The number of rotatable bonds is 3. The zero-order valence-electron chi connectivity index (χ0n) is 11.0. The molecule has 0 spiro atoms. The maximum Gasteiger partial charge on any atom is 0.255 e. The lowest BCUT2D eigenvalue weighted by Gasteiger charge is -2.11. The number of nitrogens with one attached hydrogen (secondary N) is 1. The molecule has 0 saturated heterocycles. The summed E-state index contributed by atoms with van der Waals surface area (Å²) in [5, 5.41) is 3.00. The summed E-state index contributed by atoms with van der Waals surface area (Å²) in [5.41, 5.74) is 3.77. The van der Waals surface area contributed by atoms with Crippen LogP contribution in [0.1, 0.15) is 28.4 Å². The van der Waals surface area contributed by atoms with Gasteiger partial charge >= 0.3 is 0 Å². The molecule has 0 heterocycles. The number of carbonyl (C=O) groups is 1. The minimum atomic E-state index is -0.0472. The Kier molecular flexibility index (Phi) is 4.58. The van der Waals surface area contributed by atoms with Crippen molar-refractivity contribution >= 4 is 34.2 Å². The van der Waals surface area contributed by atoms with Gasteiger partial charge in [0.05, 0.1) is 0 Å². The lowest BCUT2D eigenvalue weighted by Crippen LogP contribution is -2.14. The van der Waals surface area contributed by atoms with Crippen molar-refractivity contribution in [2.45, 2.75) is 20.3 Å². The van der Waals surface area contributed by atoms with Gasteiger partial charge in [0.15, 0.2) is 0 Å². The molecule has 1 amide bonds. The normalized spacial score (nSPS) is 10.3. The molecule has 2 rings (SSSR count). The van der Waals surface area contributed by atoms with E-state index in [-0.39, 0.29) is 5.91 Å². The van der Waals surface area contributed by atoms with E-state index in [1.54, 1.807) is 0 Å². The SMILES string of the molecule is CCc1cc(I)ccc1NC(=O)c1ccccc1C. The highest BCUT2D eigenvalue weighted by molar-refractivity contribution is 14.1. The average Bonchev–Trinajstić information content (AvgIpc) is 2.41. The Morgan fingerprint density at radius 3 is 2.63 bits per heavy atom. The minimum absolute atomic E-state index is 0.0472. The van der Waals surface area contributed by atoms with Crippen LogP contribution >= 0.6 is 22.6 Å². The highest BCUT2D eigenvalue weighted by Crippen LogP contribution is 2.20. The molecule has 1 N–H and O–H groups in total. The first-order valence-corrected chi connectivity index (χ1v) is 7.35. The van der Waals surface area contributed by atoms with Gasteiger partial charge < -0.3 is 5.32 Å². The van der Waals surface area contributed by atoms with Crippen LogP contribution in [0.15, 0.2) is 42.5 Å². The number of halogens is 1. The van der Waals surface area contributed by atoms with E-state index >= 15 is 0 Å². The highest BCUT2D eigenvalue weighted by Gasteiger charge is 2.10. The Morgan fingerprint density at radius 2 is 1.95 bits per heavy atom. The van der Waals surface area contributed by atoms with Gasteiger partial charge in [-0.05, 0) is 71.3 Å². The van der Waals surface area contributed by atoms with Crippen LogP contribution < -0.4 is 5.32 Å². The molecule has 0 aliphatic heterocycles. The standard InChI is InChI=1S/C16H16INO/c1-3-12-10-13(17)8-9-15(12)18-16(19)14-7-5-4-6-11(14)2/h4-10H,3H2,1-2H3,(H,18,19). The highest BCUT2D eigenvalue weighted by atomic mass is 127. The summed E-state index contributed by atoms with van der Waals surface area (Å²) in [7, 11) is 0. The van der Waals surface area contributed by atoms with Gasteiger partial charge in [-0.2, -0.15) is 0 Å². The molecule has 0 saturated carbocycles. The third-order valence-electron chi connectivity index (χ3n) is 3.09. The first-order chi connectivity index (χ1) is 9.11. The van der Waals surface area contributed by atoms with Crippen molar-refractivity contribution in [1.29, 1.82) is 0 Å². The molecular weight excluding hydrogens is 349 g/mol. The van der Waals surface area contributed by atoms with E-state index in [4.69, 9.17) is 0 Å². The predicted octanol–water partition coefficient (Wildman–Crippen LogP) is 4.41. The van der Waals surface area contributed by atoms with E-state index in [2.05, 4.69) is 40.9 Å². The van der Waals surface area contributed by atoms with Gasteiger partial charge in [-0.1, -0.05) is 25.1 Å². The van der Waals surface area contributed by atoms with Crippen molar-refractivity contribution < 1.29 is 4.79 Å². The van der Waals surface area contributed by atoms with Crippen LogP contribution in [0.2, 0.25) is 0 Å². The molecule has 98 valence electrons. The van der Waals surface area contributed by atoms with Crippen molar-refractivity contribution in [2.24, 2.45) is 0 Å². The Morgan fingerprint density at radius 1 is 1.21 bits per heavy atom. The lowest BCUT2D eigenvalue weighted by atomic mass is 10.1. The van der Waals surface area contributed by atoms with Crippen molar-refractivity contribution in [3.8, 4) is 0 Å². The van der Waals surface area contributed by atoms with Gasteiger partial charge in [0, 0.05) is 14.8 Å². The molecular formula is C16H16INO. The largest absolute Gasteiger partial charge is 0.322 e. The van der Waals surface area contributed by atoms with Crippen molar-refractivity contribution in [3.05, 3.63) is 62.7 Å². The second kappa shape index (κ2) is 6.19. The van der Waals surface area contributed by atoms with E-state index in [1.807, 2.05) is 43.3 Å². The first-order valence-electron chi connectivity index (χ1n) is 6.27. The second-order valence-electron chi connectivity index (χ2n) is 4.42. The van der Waals surface area contributed by atoms with Crippen LogP contribution in [0.25, 0.3) is 0 Å². The van der Waals surface area contributed by atoms with E-state index in [0.29, 0.717) is 0 Å². The Balaban J connectivity index is 2.27. The molecule has 2 aromatic carbocycles. The summed E-state index contributed by atoms with van der Waals surface area (Å²) in [6.07, 6.45) is 0.903. The number of aryl methyl sites for hydroxylation is 2. The number of hydrogen-bond acceptors (Lipinski definition) is 1. The number of carbonyl (C=O) groups excluding carboxylic acids is 1. The molecule has 0 radical (unpaired) electrons. The van der Waals surface area contributed by atoms with Crippen molar-refractivity contribution in [3.63, 3.8) is 0 Å². The van der Waals surface area contributed by atoms with E-state index in [9.17, 15) is 4.79 Å². The third kappa shape index (κ3) is 3.35. The van der Waals surface area contributed by atoms with Gasteiger partial charge in [0.2, 0.25) is 0 Å². The van der Waals surface area contributed by atoms with Crippen LogP contribution in [0, 0.1) is 10.5 Å². The predicted molar refractivity (Wildman–Crippen MR) is 87.7 cm³/mol. The van der Waals surface area contributed by atoms with Crippen LogP contribution in [0.5, 0.6) is 0 Å². The van der Waals surface area contributed by atoms with Gasteiger partial charge in [0.25, 0.3) is 5.91 Å². The van der Waals surface area contributed by atoms with Gasteiger partial charge in [-0.25, -0.2) is 0 Å². The maximum atomic E-state index is 12.3. The molecule has 3 heteroatoms. The molecule has 0 unspecified atom stereocenters. The lowest BCUT2D eigenvalue weighted by molar-refractivity contribution is 0.102. The fraction of sp³-hybridized carbons (Fsp3) is 0.188. The molecule has 0 aliphatic carbocycles. The Labute approximate surface area is 127 Å². The van der Waals surface area contributed by atoms with Gasteiger partial charge in [0.1, 0.15) is 0 Å². The summed E-state index contributed by atoms with van der Waals surface area (Å²) >= 11 is 2.28. The topological polar surface area (TPSA) is 29.1 Å². The molecule has 2 nitrogen and oxygen atoms in total. The fourth-order valence-electron chi connectivity index (χ4n) is 1.99. The summed E-state index contributed by atoms with van der Waals surface area (Å²) < 4.78 is 1.18. The van der Waals surface area contributed by atoms with E-state index in [0.717, 1.165) is 28.8 Å². The van der Waals surface area contributed by atoms with Crippen LogP contribution in [0.3, 0.4) is 0 Å². The second-order valence-corrected chi connectivity index (χ2v) is 5.67. The average molecular weight is 365 g/mol. The molecule has 2 aromatic rings. The maximum absolute atomic E-state index is 12.3. The summed E-state index contributed by atoms with van der Waals surface area (Å²) in [5.74, 6) is -0.0472. The van der Waals surface area contributed by atoms with Crippen molar-refractivity contribution in [1.82, 2.24) is 0 Å². The molecule has 19 heavy (non-hydrogen) atoms. The van der Waals surface area contributed by atoms with Crippen LogP contribution in [0.4, 0.5) is 5.69 Å². The van der Waals surface area contributed by atoms with Crippen LogP contribution in [-0.2, 0) is 6.42 Å². The quantitative estimate of drug-likeness (QED) is 0.802. The minimum Gasteiger partial charge on any atom is -0.322 e. The summed E-state index contributed by atoms with van der Waals surface area (Å²) in [4.78, 5) is 12.3. The summed E-state index contributed by atoms with van der Waals surface area (Å²) in [6, 6.07) is 13.7. The number of benzene rings is 2. The van der Waals surface area contributed by atoms with Crippen molar-refractivity contribution in [2.75, 3.05) is 5.32 Å². The summed E-state index contributed by atoms with van der Waals surface area (Å²) in [6.45, 7) is 4.04. The zero-order valence-corrected chi connectivity index (χ0v) is 13.2. The van der Waals surface area contributed by atoms with Gasteiger partial charge in [-0.3, -0.25) is 4.79 Å². The fourth-order valence-corrected chi connectivity index (χ4v) is 2.55. The van der Waals surface area contributed by atoms with Crippen LogP contribution in [-0.4, -0.2) is 5.91 Å². The number of hydrogen-bond donors (Lipinski definition) is 1. The molecule has 0 aromatic heterocycles. The smallest absolute Gasteiger partial charge is 0.255 e. The Bertz CT molecular complexity index is 607. The van der Waals surface area contributed by atoms with E-state index in [1.165, 1.54) is 3.57 Å². The molecule has 0 fully saturated rings. The molecule has 0 aliphatic rings. The van der Waals surface area contributed by atoms with Gasteiger partial charge in [-0.15, -0.1) is 0 Å². The first kappa shape index (κ1) is 14.1. The third-order valence-corrected chi connectivity index (χ3v) is 3.76. The Hall–Kier alpha value is -1.36. The van der Waals surface area contributed by atoms with E-state index < -0.39 is 0 Å². The molecule has 0 atom stereocenters. The monoisotopic (exact) mass is 365 g/mol.